The van der Waals surface area contributed by atoms with Crippen LogP contribution in [-0.4, -0.2) is 56.0 Å². The molecule has 3 aromatic rings. The first-order chi connectivity index (χ1) is 16.4. The van der Waals surface area contributed by atoms with Crippen LogP contribution in [0.2, 0.25) is 0 Å². The normalized spacial score (nSPS) is 20.1. The Morgan fingerprint density at radius 1 is 1.12 bits per heavy atom. The molecule has 7 nitrogen and oxygen atoms in total. The van der Waals surface area contributed by atoms with Crippen LogP contribution >= 0.6 is 11.3 Å². The van der Waals surface area contributed by atoms with Gasteiger partial charge in [0.1, 0.15) is 5.82 Å². The van der Waals surface area contributed by atoms with Crippen LogP contribution in [0.3, 0.4) is 0 Å². The first-order valence-electron chi connectivity index (χ1n) is 11.5. The first-order valence-corrected chi connectivity index (χ1v) is 13.7. The number of amides is 1. The number of nitrogens with zero attached hydrogens (tertiary/aromatic N) is 3. The topological polar surface area (TPSA) is 79.8 Å². The zero-order chi connectivity index (χ0) is 23.7. The number of carbonyl (C=O) groups excluding carboxylic acids is 1. The van der Waals surface area contributed by atoms with E-state index in [1.807, 2.05) is 24.3 Å². The van der Waals surface area contributed by atoms with Crippen molar-refractivity contribution in [3.8, 4) is 0 Å². The number of hydrogen-bond acceptors (Lipinski definition) is 6. The van der Waals surface area contributed by atoms with Crippen molar-refractivity contribution < 1.29 is 22.3 Å². The predicted molar refractivity (Wildman–Crippen MR) is 129 cm³/mol. The Balaban J connectivity index is 1.32. The maximum Gasteiger partial charge on any atom is 0.243 e. The molecular formula is C24H26FN3O4S2. The highest BCUT2D eigenvalue weighted by atomic mass is 32.2. The number of anilines is 1. The minimum atomic E-state index is -3.72. The van der Waals surface area contributed by atoms with Gasteiger partial charge in [-0.2, -0.15) is 4.31 Å². The summed E-state index contributed by atoms with van der Waals surface area (Å²) >= 11 is 1.49. The molecule has 1 amide bonds. The molecule has 0 N–H and O–H groups in total. The lowest BCUT2D eigenvalue weighted by Crippen LogP contribution is -2.46. The Labute approximate surface area is 202 Å². The minimum absolute atomic E-state index is 0.0186. The van der Waals surface area contributed by atoms with Crippen LogP contribution in [0, 0.1) is 11.7 Å². The van der Waals surface area contributed by atoms with Crippen LogP contribution in [0.15, 0.2) is 53.4 Å². The summed E-state index contributed by atoms with van der Waals surface area (Å²) in [6, 6.07) is 12.6. The van der Waals surface area contributed by atoms with E-state index in [4.69, 9.17) is 9.72 Å². The minimum Gasteiger partial charge on any atom is -0.376 e. The van der Waals surface area contributed by atoms with E-state index >= 15 is 0 Å². The molecule has 1 atom stereocenters. The zero-order valence-corrected chi connectivity index (χ0v) is 20.2. The Kier molecular flexibility index (Phi) is 6.65. The molecule has 0 radical (unpaired) electrons. The summed E-state index contributed by atoms with van der Waals surface area (Å²) in [5.41, 5.74) is 0.854. The lowest BCUT2D eigenvalue weighted by Gasteiger charge is -2.33. The summed E-state index contributed by atoms with van der Waals surface area (Å²) in [5, 5.41) is 0.656. The molecule has 2 aliphatic rings. The molecule has 1 unspecified atom stereocenters. The maximum atomic E-state index is 13.7. The molecule has 0 spiro atoms. The molecule has 1 aromatic heterocycles. The largest absolute Gasteiger partial charge is 0.376 e. The van der Waals surface area contributed by atoms with E-state index in [9.17, 15) is 17.6 Å². The van der Waals surface area contributed by atoms with Crippen molar-refractivity contribution >= 4 is 42.6 Å². The number of thiazole rings is 1. The molecule has 2 saturated heterocycles. The summed E-state index contributed by atoms with van der Waals surface area (Å²) in [6.45, 7) is 1.63. The predicted octanol–water partition coefficient (Wildman–Crippen LogP) is 4.05. The highest BCUT2D eigenvalue weighted by molar-refractivity contribution is 7.89. The van der Waals surface area contributed by atoms with Gasteiger partial charge in [-0.05, 0) is 62.1 Å². The molecule has 2 fully saturated rings. The Morgan fingerprint density at radius 2 is 1.85 bits per heavy atom. The number of halogens is 1. The third kappa shape index (κ3) is 4.72. The van der Waals surface area contributed by atoms with Crippen LogP contribution in [0.1, 0.15) is 25.7 Å². The number of ether oxygens (including phenoxy) is 1. The fourth-order valence-electron chi connectivity index (χ4n) is 4.55. The van der Waals surface area contributed by atoms with E-state index < -0.39 is 15.8 Å². The van der Waals surface area contributed by atoms with Gasteiger partial charge in [0.2, 0.25) is 15.9 Å². The molecule has 0 aliphatic carbocycles. The standard InChI is InChI=1S/C24H26FN3O4S2/c25-18-7-9-20(10-8-18)34(30,31)27-13-11-17(12-14-27)23(29)28(16-19-4-3-15-32-19)24-26-21-5-1-2-6-22(21)33-24/h1-2,5-10,17,19H,3-4,11-16H2. The van der Waals surface area contributed by atoms with Crippen molar-refractivity contribution in [1.82, 2.24) is 9.29 Å². The third-order valence-electron chi connectivity index (χ3n) is 6.44. The molecule has 0 bridgehead atoms. The highest BCUT2D eigenvalue weighted by Crippen LogP contribution is 2.33. The van der Waals surface area contributed by atoms with E-state index in [0.29, 0.717) is 31.1 Å². The fourth-order valence-corrected chi connectivity index (χ4v) is 7.00. The van der Waals surface area contributed by atoms with Crippen molar-refractivity contribution in [2.75, 3.05) is 31.1 Å². The number of piperidine rings is 1. The number of carbonyl (C=O) groups is 1. The van der Waals surface area contributed by atoms with Gasteiger partial charge in [-0.25, -0.2) is 17.8 Å². The highest BCUT2D eigenvalue weighted by Gasteiger charge is 2.36. The summed E-state index contributed by atoms with van der Waals surface area (Å²) < 4.78 is 47.3. The van der Waals surface area contributed by atoms with Gasteiger partial charge in [-0.1, -0.05) is 23.5 Å². The summed E-state index contributed by atoms with van der Waals surface area (Å²) in [5.74, 6) is -0.814. The van der Waals surface area contributed by atoms with Gasteiger partial charge in [0.05, 0.1) is 27.8 Å². The Bertz CT molecular complexity index is 1230. The molecule has 0 saturated carbocycles. The fraction of sp³-hybridized carbons (Fsp3) is 0.417. The molecular weight excluding hydrogens is 477 g/mol. The van der Waals surface area contributed by atoms with Gasteiger partial charge in [0, 0.05) is 25.6 Å². The summed E-state index contributed by atoms with van der Waals surface area (Å²) in [7, 11) is -3.72. The zero-order valence-electron chi connectivity index (χ0n) is 18.6. The monoisotopic (exact) mass is 503 g/mol. The lowest BCUT2D eigenvalue weighted by atomic mass is 9.96. The second-order valence-corrected chi connectivity index (χ2v) is 11.6. The number of para-hydroxylation sites is 1. The first kappa shape index (κ1) is 23.3. The lowest BCUT2D eigenvalue weighted by molar-refractivity contribution is -0.123. The number of hydrogen-bond donors (Lipinski definition) is 0. The smallest absolute Gasteiger partial charge is 0.243 e. The number of benzene rings is 2. The van der Waals surface area contributed by atoms with Crippen LogP contribution in [0.5, 0.6) is 0 Å². The van der Waals surface area contributed by atoms with Gasteiger partial charge in [-0.15, -0.1) is 0 Å². The quantitative estimate of drug-likeness (QED) is 0.507. The van der Waals surface area contributed by atoms with Gasteiger partial charge in [0.15, 0.2) is 5.13 Å². The van der Waals surface area contributed by atoms with E-state index in [1.54, 1.807) is 4.90 Å². The number of aromatic nitrogens is 1. The maximum absolute atomic E-state index is 13.7. The van der Waals surface area contributed by atoms with Crippen LogP contribution in [0.4, 0.5) is 9.52 Å². The summed E-state index contributed by atoms with van der Waals surface area (Å²) in [4.78, 5) is 20.2. The molecule has 34 heavy (non-hydrogen) atoms. The summed E-state index contributed by atoms with van der Waals surface area (Å²) in [6.07, 6.45) is 2.71. The van der Waals surface area contributed by atoms with E-state index in [-0.39, 0.29) is 35.9 Å². The van der Waals surface area contributed by atoms with Crippen LogP contribution in [-0.2, 0) is 19.6 Å². The van der Waals surface area contributed by atoms with Gasteiger partial charge < -0.3 is 4.74 Å². The Hall–Kier alpha value is -2.40. The van der Waals surface area contributed by atoms with Crippen molar-refractivity contribution in [2.24, 2.45) is 5.92 Å². The van der Waals surface area contributed by atoms with Gasteiger partial charge in [0.25, 0.3) is 0 Å². The van der Waals surface area contributed by atoms with Gasteiger partial charge in [-0.3, -0.25) is 9.69 Å². The van der Waals surface area contributed by atoms with Crippen molar-refractivity contribution in [3.63, 3.8) is 0 Å². The molecule has 2 aromatic carbocycles. The molecule has 2 aliphatic heterocycles. The molecule has 180 valence electrons. The number of fused-ring (bicyclic) bond motifs is 1. The third-order valence-corrected chi connectivity index (χ3v) is 9.42. The molecule has 10 heteroatoms. The Morgan fingerprint density at radius 3 is 2.53 bits per heavy atom. The number of sulfonamides is 1. The SMILES string of the molecule is O=C(C1CCN(S(=O)(=O)c2ccc(F)cc2)CC1)N(CC1CCCO1)c1nc2ccccc2s1. The van der Waals surface area contributed by atoms with E-state index in [1.165, 1.54) is 27.8 Å². The molecule has 3 heterocycles. The average molecular weight is 504 g/mol. The molecule has 5 rings (SSSR count). The van der Waals surface area contributed by atoms with Gasteiger partial charge >= 0.3 is 0 Å². The van der Waals surface area contributed by atoms with E-state index in [2.05, 4.69) is 0 Å². The van der Waals surface area contributed by atoms with Crippen LogP contribution in [0.25, 0.3) is 10.2 Å². The second kappa shape index (κ2) is 9.69. The van der Waals surface area contributed by atoms with E-state index in [0.717, 1.165) is 35.2 Å². The average Bonchev–Trinajstić information content (AvgIpc) is 3.52. The van der Waals surface area contributed by atoms with Crippen molar-refractivity contribution in [3.05, 3.63) is 54.3 Å². The van der Waals surface area contributed by atoms with Crippen molar-refractivity contribution in [1.29, 1.82) is 0 Å². The number of rotatable bonds is 6. The second-order valence-electron chi connectivity index (χ2n) is 8.68. The van der Waals surface area contributed by atoms with Crippen LogP contribution < -0.4 is 4.90 Å². The van der Waals surface area contributed by atoms with Crippen molar-refractivity contribution in [2.45, 2.75) is 36.7 Å².